The number of fused-ring (bicyclic) bond motifs is 1. The van der Waals surface area contributed by atoms with E-state index in [1.54, 1.807) is 0 Å². The lowest BCUT2D eigenvalue weighted by Gasteiger charge is -2.13. The van der Waals surface area contributed by atoms with E-state index < -0.39 is 0 Å². The lowest BCUT2D eigenvalue weighted by atomic mass is 9.98. The minimum atomic E-state index is 0.146. The molecule has 0 aromatic heterocycles. The average molecular weight is 173 g/mol. The Hall–Kier alpha value is -1.08. The van der Waals surface area contributed by atoms with E-state index in [2.05, 4.69) is 30.8 Å². The minimum Gasteiger partial charge on any atom is -0.324 e. The maximum atomic E-state index is 5.94. The van der Waals surface area contributed by atoms with Gasteiger partial charge in [0.2, 0.25) is 0 Å². The Morgan fingerprint density at radius 2 is 1.85 bits per heavy atom. The molecule has 1 aliphatic carbocycles. The SMILES string of the molecule is C=CC(N)C1Cc2ccccc2C1. The van der Waals surface area contributed by atoms with Gasteiger partial charge >= 0.3 is 0 Å². The van der Waals surface area contributed by atoms with Gasteiger partial charge in [0.05, 0.1) is 0 Å². The molecule has 0 bridgehead atoms. The summed E-state index contributed by atoms with van der Waals surface area (Å²) in [5.41, 5.74) is 8.87. The molecule has 0 spiro atoms. The second kappa shape index (κ2) is 3.35. The molecule has 13 heavy (non-hydrogen) atoms. The molecule has 1 aliphatic rings. The average Bonchev–Trinajstić information content (AvgIpc) is 2.59. The Labute approximate surface area is 79.3 Å². The molecule has 1 nitrogen and oxygen atoms in total. The third-order valence-electron chi connectivity index (χ3n) is 2.90. The summed E-state index contributed by atoms with van der Waals surface area (Å²) in [5.74, 6) is 0.565. The Morgan fingerprint density at radius 3 is 2.31 bits per heavy atom. The van der Waals surface area contributed by atoms with E-state index in [9.17, 15) is 0 Å². The second-order valence-electron chi connectivity index (χ2n) is 3.75. The molecular weight excluding hydrogens is 158 g/mol. The summed E-state index contributed by atoms with van der Waals surface area (Å²) in [6, 6.07) is 8.74. The fourth-order valence-electron chi connectivity index (χ4n) is 2.06. The van der Waals surface area contributed by atoms with E-state index in [0.717, 1.165) is 12.8 Å². The van der Waals surface area contributed by atoms with Crippen molar-refractivity contribution in [3.8, 4) is 0 Å². The van der Waals surface area contributed by atoms with Crippen LogP contribution in [0, 0.1) is 5.92 Å². The molecule has 1 atom stereocenters. The Balaban J connectivity index is 2.18. The predicted octanol–water partition coefficient (Wildman–Crippen LogP) is 1.91. The maximum Gasteiger partial charge on any atom is 0.0256 e. The summed E-state index contributed by atoms with van der Waals surface area (Å²) in [6.07, 6.45) is 4.09. The van der Waals surface area contributed by atoms with Gasteiger partial charge in [0.25, 0.3) is 0 Å². The fraction of sp³-hybridized carbons (Fsp3) is 0.333. The van der Waals surface area contributed by atoms with Crippen molar-refractivity contribution in [1.29, 1.82) is 0 Å². The van der Waals surface area contributed by atoms with Crippen molar-refractivity contribution in [2.24, 2.45) is 11.7 Å². The molecule has 0 saturated heterocycles. The summed E-state index contributed by atoms with van der Waals surface area (Å²) in [5, 5.41) is 0. The zero-order chi connectivity index (χ0) is 9.26. The van der Waals surface area contributed by atoms with Crippen LogP contribution in [0.15, 0.2) is 36.9 Å². The molecule has 0 radical (unpaired) electrons. The molecule has 0 heterocycles. The van der Waals surface area contributed by atoms with Gasteiger partial charge in [-0.3, -0.25) is 0 Å². The van der Waals surface area contributed by atoms with Crippen molar-refractivity contribution in [3.05, 3.63) is 48.0 Å². The Kier molecular flexibility index (Phi) is 2.19. The van der Waals surface area contributed by atoms with E-state index >= 15 is 0 Å². The van der Waals surface area contributed by atoms with Crippen LogP contribution in [0.3, 0.4) is 0 Å². The van der Waals surface area contributed by atoms with Gasteiger partial charge in [0.15, 0.2) is 0 Å². The normalized spacial score (nSPS) is 18.2. The molecule has 0 amide bonds. The Bertz CT molecular complexity index is 292. The second-order valence-corrected chi connectivity index (χ2v) is 3.75. The van der Waals surface area contributed by atoms with Crippen molar-refractivity contribution < 1.29 is 0 Å². The van der Waals surface area contributed by atoms with Crippen molar-refractivity contribution >= 4 is 0 Å². The summed E-state index contributed by atoms with van der Waals surface area (Å²) in [7, 11) is 0. The van der Waals surface area contributed by atoms with Crippen LogP contribution in [0.25, 0.3) is 0 Å². The van der Waals surface area contributed by atoms with E-state index in [1.165, 1.54) is 11.1 Å². The molecule has 1 heteroatoms. The summed E-state index contributed by atoms with van der Waals surface area (Å²) >= 11 is 0. The van der Waals surface area contributed by atoms with E-state index in [4.69, 9.17) is 5.73 Å². The van der Waals surface area contributed by atoms with Crippen LogP contribution in [0.4, 0.5) is 0 Å². The van der Waals surface area contributed by atoms with E-state index in [1.807, 2.05) is 6.08 Å². The molecule has 2 N–H and O–H groups in total. The van der Waals surface area contributed by atoms with Crippen molar-refractivity contribution in [2.45, 2.75) is 18.9 Å². The zero-order valence-electron chi connectivity index (χ0n) is 7.74. The number of rotatable bonds is 2. The first-order valence-corrected chi connectivity index (χ1v) is 4.76. The molecule has 0 aliphatic heterocycles. The predicted molar refractivity (Wildman–Crippen MR) is 55.5 cm³/mol. The molecule has 1 aromatic rings. The first kappa shape index (κ1) is 8.52. The lowest BCUT2D eigenvalue weighted by Crippen LogP contribution is -2.27. The van der Waals surface area contributed by atoms with Gasteiger partial charge < -0.3 is 5.73 Å². The van der Waals surface area contributed by atoms with Crippen molar-refractivity contribution in [1.82, 2.24) is 0 Å². The third kappa shape index (κ3) is 1.52. The van der Waals surface area contributed by atoms with Crippen LogP contribution < -0.4 is 5.73 Å². The molecule has 0 saturated carbocycles. The van der Waals surface area contributed by atoms with E-state index in [0.29, 0.717) is 5.92 Å². The van der Waals surface area contributed by atoms with Gasteiger partial charge in [-0.05, 0) is 29.9 Å². The van der Waals surface area contributed by atoms with Gasteiger partial charge in [-0.15, -0.1) is 6.58 Å². The number of benzene rings is 1. The van der Waals surface area contributed by atoms with Crippen LogP contribution in [0.1, 0.15) is 11.1 Å². The minimum absolute atomic E-state index is 0.146. The molecule has 2 rings (SSSR count). The highest BCUT2D eigenvalue weighted by molar-refractivity contribution is 5.33. The molecule has 1 aromatic carbocycles. The first-order valence-electron chi connectivity index (χ1n) is 4.76. The number of nitrogens with two attached hydrogens (primary N) is 1. The largest absolute Gasteiger partial charge is 0.324 e. The van der Waals surface area contributed by atoms with Gasteiger partial charge in [-0.1, -0.05) is 30.3 Å². The highest BCUT2D eigenvalue weighted by atomic mass is 14.6. The van der Waals surface area contributed by atoms with Crippen LogP contribution in [0.2, 0.25) is 0 Å². The smallest absolute Gasteiger partial charge is 0.0256 e. The third-order valence-corrected chi connectivity index (χ3v) is 2.90. The van der Waals surface area contributed by atoms with Gasteiger partial charge in [-0.2, -0.15) is 0 Å². The summed E-state index contributed by atoms with van der Waals surface area (Å²) in [4.78, 5) is 0. The number of hydrogen-bond donors (Lipinski definition) is 1. The van der Waals surface area contributed by atoms with Gasteiger partial charge in [0, 0.05) is 6.04 Å². The fourth-order valence-corrected chi connectivity index (χ4v) is 2.06. The highest BCUT2D eigenvalue weighted by Gasteiger charge is 2.24. The van der Waals surface area contributed by atoms with Crippen molar-refractivity contribution in [3.63, 3.8) is 0 Å². The molecular formula is C12H15N. The Morgan fingerprint density at radius 1 is 1.31 bits per heavy atom. The monoisotopic (exact) mass is 173 g/mol. The first-order chi connectivity index (χ1) is 6.31. The topological polar surface area (TPSA) is 26.0 Å². The zero-order valence-corrected chi connectivity index (χ0v) is 7.74. The van der Waals surface area contributed by atoms with Crippen LogP contribution >= 0.6 is 0 Å². The molecule has 68 valence electrons. The van der Waals surface area contributed by atoms with Crippen molar-refractivity contribution in [2.75, 3.05) is 0 Å². The van der Waals surface area contributed by atoms with Crippen LogP contribution in [-0.2, 0) is 12.8 Å². The molecule has 1 unspecified atom stereocenters. The molecule has 0 fully saturated rings. The quantitative estimate of drug-likeness (QED) is 0.679. The van der Waals surface area contributed by atoms with Crippen LogP contribution in [0.5, 0.6) is 0 Å². The highest BCUT2D eigenvalue weighted by Crippen LogP contribution is 2.28. The standard InChI is InChI=1S/C12H15N/c1-2-12(13)11-7-9-5-3-4-6-10(9)8-11/h2-6,11-12H,1,7-8,13H2. The summed E-state index contributed by atoms with van der Waals surface area (Å²) in [6.45, 7) is 3.74. The maximum absolute atomic E-state index is 5.94. The number of hydrogen-bond acceptors (Lipinski definition) is 1. The lowest BCUT2D eigenvalue weighted by molar-refractivity contribution is 0.501. The van der Waals surface area contributed by atoms with Gasteiger partial charge in [-0.25, -0.2) is 0 Å². The summed E-state index contributed by atoms with van der Waals surface area (Å²) < 4.78 is 0. The van der Waals surface area contributed by atoms with E-state index in [-0.39, 0.29) is 6.04 Å². The van der Waals surface area contributed by atoms with Crippen LogP contribution in [-0.4, -0.2) is 6.04 Å². The van der Waals surface area contributed by atoms with Gasteiger partial charge in [0.1, 0.15) is 0 Å².